The van der Waals surface area contributed by atoms with Crippen LogP contribution in [-0.4, -0.2) is 63.1 Å². The molecule has 0 amide bonds. The Morgan fingerprint density at radius 3 is 2.54 bits per heavy atom. The summed E-state index contributed by atoms with van der Waals surface area (Å²) in [7, 11) is 1.95. The molecule has 154 valence electrons. The van der Waals surface area contributed by atoms with Crippen molar-refractivity contribution in [2.45, 2.75) is 39.8 Å². The molecule has 0 aliphatic carbocycles. The lowest BCUT2D eigenvalue weighted by Crippen LogP contribution is -2.54. The van der Waals surface area contributed by atoms with Crippen LogP contribution in [0.1, 0.15) is 31.5 Å². The lowest BCUT2D eigenvalue weighted by Gasteiger charge is -2.42. The molecule has 1 saturated heterocycles. The summed E-state index contributed by atoms with van der Waals surface area (Å²) in [5.41, 5.74) is 2.84. The van der Waals surface area contributed by atoms with E-state index in [9.17, 15) is 9.90 Å². The Kier molecular flexibility index (Phi) is 6.75. The van der Waals surface area contributed by atoms with Crippen LogP contribution in [0.3, 0.4) is 0 Å². The van der Waals surface area contributed by atoms with Gasteiger partial charge in [0.05, 0.1) is 11.3 Å². The highest BCUT2D eigenvalue weighted by atomic mass is 16.3. The minimum atomic E-state index is 0.0644. The van der Waals surface area contributed by atoms with Crippen LogP contribution >= 0.6 is 0 Å². The number of piperazine rings is 1. The Labute approximate surface area is 168 Å². The van der Waals surface area contributed by atoms with Crippen LogP contribution < -0.4 is 5.56 Å². The first kappa shape index (κ1) is 20.8. The summed E-state index contributed by atoms with van der Waals surface area (Å²) in [6.45, 7) is 11.3. The SMILES string of the molecule is Cc1c(CN2CCN(CC(C)C)C(CCO)C2)c(=O)n(-c2ccccc2)n1C. The molecule has 0 spiro atoms. The summed E-state index contributed by atoms with van der Waals surface area (Å²) < 4.78 is 3.71. The van der Waals surface area contributed by atoms with Gasteiger partial charge in [-0.25, -0.2) is 4.68 Å². The highest BCUT2D eigenvalue weighted by Crippen LogP contribution is 2.18. The molecule has 1 N–H and O–H groups in total. The summed E-state index contributed by atoms with van der Waals surface area (Å²) in [6, 6.07) is 10.2. The second-order valence-electron chi connectivity index (χ2n) is 8.33. The summed E-state index contributed by atoms with van der Waals surface area (Å²) >= 11 is 0. The number of aliphatic hydroxyl groups is 1. The third kappa shape index (κ3) is 4.40. The molecule has 6 heteroatoms. The van der Waals surface area contributed by atoms with Crippen LogP contribution in [0.4, 0.5) is 0 Å². The molecule has 1 aliphatic rings. The van der Waals surface area contributed by atoms with Gasteiger partial charge in [-0.2, -0.15) is 0 Å². The van der Waals surface area contributed by atoms with Crippen molar-refractivity contribution in [1.82, 2.24) is 19.2 Å². The lowest BCUT2D eigenvalue weighted by atomic mass is 10.1. The summed E-state index contributed by atoms with van der Waals surface area (Å²) in [5, 5.41) is 9.50. The van der Waals surface area contributed by atoms with E-state index in [2.05, 4.69) is 23.6 Å². The predicted molar refractivity (Wildman–Crippen MR) is 113 cm³/mol. The molecular weight excluding hydrogens is 352 g/mol. The second-order valence-corrected chi connectivity index (χ2v) is 8.33. The van der Waals surface area contributed by atoms with E-state index in [0.717, 1.165) is 49.5 Å². The predicted octanol–water partition coefficient (Wildman–Crippen LogP) is 2.01. The Bertz CT molecular complexity index is 825. The van der Waals surface area contributed by atoms with Gasteiger partial charge in [0, 0.05) is 58.1 Å². The molecule has 1 unspecified atom stereocenters. The molecule has 0 saturated carbocycles. The van der Waals surface area contributed by atoms with Gasteiger partial charge in [-0.15, -0.1) is 0 Å². The second kappa shape index (κ2) is 9.07. The summed E-state index contributed by atoms with van der Waals surface area (Å²) in [6.07, 6.45) is 0.783. The van der Waals surface area contributed by atoms with Crippen molar-refractivity contribution in [3.8, 4) is 5.69 Å². The largest absolute Gasteiger partial charge is 0.396 e. The van der Waals surface area contributed by atoms with Crippen molar-refractivity contribution in [3.05, 3.63) is 51.9 Å². The first-order chi connectivity index (χ1) is 13.4. The van der Waals surface area contributed by atoms with Crippen molar-refractivity contribution in [1.29, 1.82) is 0 Å². The lowest BCUT2D eigenvalue weighted by molar-refractivity contribution is 0.0474. The number of hydrogen-bond acceptors (Lipinski definition) is 4. The van der Waals surface area contributed by atoms with Crippen molar-refractivity contribution < 1.29 is 5.11 Å². The van der Waals surface area contributed by atoms with Gasteiger partial charge in [0.15, 0.2) is 0 Å². The van der Waals surface area contributed by atoms with Gasteiger partial charge in [-0.05, 0) is 31.4 Å². The molecule has 1 aromatic heterocycles. The van der Waals surface area contributed by atoms with E-state index in [1.807, 2.05) is 49.0 Å². The van der Waals surface area contributed by atoms with Crippen molar-refractivity contribution in [3.63, 3.8) is 0 Å². The molecule has 2 aromatic rings. The molecule has 1 fully saturated rings. The van der Waals surface area contributed by atoms with Gasteiger partial charge in [0.25, 0.3) is 5.56 Å². The van der Waals surface area contributed by atoms with Gasteiger partial charge < -0.3 is 5.11 Å². The number of hydrogen-bond donors (Lipinski definition) is 1. The molecular formula is C22H34N4O2. The number of aliphatic hydroxyl groups excluding tert-OH is 1. The van der Waals surface area contributed by atoms with E-state index in [4.69, 9.17) is 0 Å². The topological polar surface area (TPSA) is 53.6 Å². The molecule has 0 radical (unpaired) electrons. The fraction of sp³-hybridized carbons (Fsp3) is 0.591. The van der Waals surface area contributed by atoms with Crippen LogP contribution in [-0.2, 0) is 13.6 Å². The van der Waals surface area contributed by atoms with E-state index >= 15 is 0 Å². The highest BCUT2D eigenvalue weighted by Gasteiger charge is 2.28. The third-order valence-electron chi connectivity index (χ3n) is 5.81. The number of benzene rings is 1. The highest BCUT2D eigenvalue weighted by molar-refractivity contribution is 5.33. The van der Waals surface area contributed by atoms with Crippen LogP contribution in [0.15, 0.2) is 35.1 Å². The third-order valence-corrected chi connectivity index (χ3v) is 5.81. The molecule has 28 heavy (non-hydrogen) atoms. The number of para-hydroxylation sites is 1. The Morgan fingerprint density at radius 1 is 1.18 bits per heavy atom. The van der Waals surface area contributed by atoms with Gasteiger partial charge in [0.1, 0.15) is 0 Å². The van der Waals surface area contributed by atoms with E-state index < -0.39 is 0 Å². The van der Waals surface area contributed by atoms with Crippen LogP contribution in [0.25, 0.3) is 5.69 Å². The minimum absolute atomic E-state index is 0.0644. The average molecular weight is 387 g/mol. The van der Waals surface area contributed by atoms with Crippen molar-refractivity contribution in [2.24, 2.45) is 13.0 Å². The first-order valence-electron chi connectivity index (χ1n) is 10.3. The maximum Gasteiger partial charge on any atom is 0.276 e. The number of nitrogens with zero attached hydrogens (tertiary/aromatic N) is 4. The molecule has 3 rings (SSSR count). The standard InChI is InChI=1S/C22H34N4O2/c1-17(2)14-25-12-11-24(15-20(25)10-13-27)16-21-18(3)23(4)26(22(21)28)19-8-6-5-7-9-19/h5-9,17,20,27H,10-16H2,1-4H3. The van der Waals surface area contributed by atoms with Crippen molar-refractivity contribution in [2.75, 3.05) is 32.8 Å². The first-order valence-corrected chi connectivity index (χ1v) is 10.3. The van der Waals surface area contributed by atoms with Gasteiger partial charge >= 0.3 is 0 Å². The molecule has 0 bridgehead atoms. The maximum atomic E-state index is 13.2. The number of aromatic nitrogens is 2. The summed E-state index contributed by atoms with van der Waals surface area (Å²) in [4.78, 5) is 18.0. The Hall–Kier alpha value is -1.89. The van der Waals surface area contributed by atoms with Gasteiger partial charge in [0.2, 0.25) is 0 Å². The minimum Gasteiger partial charge on any atom is -0.396 e. The number of rotatable bonds is 7. The monoisotopic (exact) mass is 386 g/mol. The molecule has 1 atom stereocenters. The average Bonchev–Trinajstić information content (AvgIpc) is 2.88. The molecule has 2 heterocycles. The van der Waals surface area contributed by atoms with Gasteiger partial charge in [-0.1, -0.05) is 32.0 Å². The zero-order valence-electron chi connectivity index (χ0n) is 17.6. The van der Waals surface area contributed by atoms with Crippen LogP contribution in [0, 0.1) is 12.8 Å². The molecule has 1 aromatic carbocycles. The molecule has 1 aliphatic heterocycles. The van der Waals surface area contributed by atoms with E-state index in [1.165, 1.54) is 0 Å². The quantitative estimate of drug-likeness (QED) is 0.791. The Balaban J connectivity index is 1.80. The van der Waals surface area contributed by atoms with E-state index in [-0.39, 0.29) is 12.2 Å². The molecule has 6 nitrogen and oxygen atoms in total. The van der Waals surface area contributed by atoms with Crippen LogP contribution in [0.5, 0.6) is 0 Å². The Morgan fingerprint density at radius 2 is 1.89 bits per heavy atom. The maximum absolute atomic E-state index is 13.2. The van der Waals surface area contributed by atoms with Crippen LogP contribution in [0.2, 0.25) is 0 Å². The zero-order valence-corrected chi connectivity index (χ0v) is 17.6. The fourth-order valence-electron chi connectivity index (χ4n) is 4.26. The van der Waals surface area contributed by atoms with E-state index in [1.54, 1.807) is 4.68 Å². The fourth-order valence-corrected chi connectivity index (χ4v) is 4.26. The summed E-state index contributed by atoms with van der Waals surface area (Å²) in [5.74, 6) is 0.613. The zero-order chi connectivity index (χ0) is 20.3. The van der Waals surface area contributed by atoms with E-state index in [0.29, 0.717) is 18.5 Å². The van der Waals surface area contributed by atoms with Crippen molar-refractivity contribution >= 4 is 0 Å². The smallest absolute Gasteiger partial charge is 0.276 e. The van der Waals surface area contributed by atoms with Gasteiger partial charge in [-0.3, -0.25) is 19.3 Å². The normalized spacial score (nSPS) is 18.9.